The number of hydrogen-bond acceptors (Lipinski definition) is 5. The fraction of sp³-hybridized carbons (Fsp3) is 0.167. The Kier molecular flexibility index (Phi) is 5.96. The van der Waals surface area contributed by atoms with E-state index >= 15 is 0 Å². The molecule has 0 radical (unpaired) electrons. The predicted molar refractivity (Wildman–Crippen MR) is 93.4 cm³/mol. The van der Waals surface area contributed by atoms with Crippen LogP contribution in [0.1, 0.15) is 12.5 Å². The summed E-state index contributed by atoms with van der Waals surface area (Å²) in [5.74, 6) is 0.599. The van der Waals surface area contributed by atoms with Crippen molar-refractivity contribution in [2.75, 3.05) is 12.4 Å². The molecule has 0 aliphatic carbocycles. The summed E-state index contributed by atoms with van der Waals surface area (Å²) in [4.78, 5) is 22.9. The van der Waals surface area contributed by atoms with E-state index in [4.69, 9.17) is 10.00 Å². The number of ether oxygens (including phenoxy) is 1. The van der Waals surface area contributed by atoms with Crippen LogP contribution in [0.15, 0.2) is 48.5 Å². The maximum atomic E-state index is 11.8. The molecule has 3 N–H and O–H groups in total. The normalized spacial score (nSPS) is 10.9. The van der Waals surface area contributed by atoms with E-state index in [0.29, 0.717) is 22.7 Å². The maximum absolute atomic E-state index is 11.8. The second kappa shape index (κ2) is 8.36. The Morgan fingerprint density at radius 3 is 2.44 bits per heavy atom. The Balaban J connectivity index is 1.99. The Labute approximate surface area is 145 Å². The van der Waals surface area contributed by atoms with E-state index in [1.165, 1.54) is 7.05 Å². The summed E-state index contributed by atoms with van der Waals surface area (Å²) in [6.45, 7) is 1.64. The van der Waals surface area contributed by atoms with E-state index in [0.717, 1.165) is 0 Å². The van der Waals surface area contributed by atoms with Crippen molar-refractivity contribution in [2.45, 2.75) is 13.0 Å². The lowest BCUT2D eigenvalue weighted by atomic mass is 10.2. The summed E-state index contributed by atoms with van der Waals surface area (Å²) in [6, 6.07) is 14.8. The van der Waals surface area contributed by atoms with Crippen molar-refractivity contribution in [3.63, 3.8) is 0 Å². The smallest absolute Gasteiger partial charge is 0.321 e. The third-order valence-electron chi connectivity index (χ3n) is 3.33. The van der Waals surface area contributed by atoms with Gasteiger partial charge < -0.3 is 15.4 Å². The zero-order chi connectivity index (χ0) is 18.2. The van der Waals surface area contributed by atoms with Crippen molar-refractivity contribution in [2.24, 2.45) is 0 Å². The number of amides is 3. The highest BCUT2D eigenvalue weighted by Crippen LogP contribution is 2.25. The minimum absolute atomic E-state index is 0.442. The van der Waals surface area contributed by atoms with Crippen LogP contribution in [-0.4, -0.2) is 25.0 Å². The van der Waals surface area contributed by atoms with Gasteiger partial charge in [-0.3, -0.25) is 10.1 Å². The molecule has 1 unspecified atom stereocenters. The molecule has 2 aromatic carbocycles. The molecule has 0 aromatic heterocycles. The molecule has 7 heteroatoms. The van der Waals surface area contributed by atoms with Gasteiger partial charge in [-0.05, 0) is 43.3 Å². The lowest BCUT2D eigenvalue weighted by molar-refractivity contribution is -0.120. The number of nitrogens with zero attached hydrogens (tertiary/aromatic N) is 1. The van der Waals surface area contributed by atoms with Crippen molar-refractivity contribution >= 4 is 17.6 Å². The van der Waals surface area contributed by atoms with Gasteiger partial charge in [-0.15, -0.1) is 0 Å². The number of anilines is 1. The third-order valence-corrected chi connectivity index (χ3v) is 3.33. The number of urea groups is 1. The van der Waals surface area contributed by atoms with E-state index in [2.05, 4.69) is 22.0 Å². The summed E-state index contributed by atoms with van der Waals surface area (Å²) < 4.78 is 5.69. The maximum Gasteiger partial charge on any atom is 0.321 e. The van der Waals surface area contributed by atoms with Crippen LogP contribution in [0, 0.1) is 11.3 Å². The number of benzene rings is 2. The van der Waals surface area contributed by atoms with Gasteiger partial charge >= 0.3 is 6.03 Å². The Bertz CT molecular complexity index is 797. The van der Waals surface area contributed by atoms with Crippen molar-refractivity contribution in [1.29, 1.82) is 5.26 Å². The first-order valence-corrected chi connectivity index (χ1v) is 7.59. The van der Waals surface area contributed by atoms with E-state index in [-0.39, 0.29) is 0 Å². The Morgan fingerprint density at radius 2 is 1.80 bits per heavy atom. The number of carbonyl (C=O) groups excluding carboxylic acids is 2. The van der Waals surface area contributed by atoms with Gasteiger partial charge in [0, 0.05) is 12.7 Å². The molecule has 0 spiro atoms. The second-order valence-corrected chi connectivity index (χ2v) is 5.17. The fourth-order valence-corrected chi connectivity index (χ4v) is 1.99. The molecule has 2 rings (SSSR count). The molecule has 0 saturated carbocycles. The van der Waals surface area contributed by atoms with Crippen LogP contribution < -0.4 is 20.7 Å². The lowest BCUT2D eigenvalue weighted by Gasteiger charge is -2.15. The molecule has 0 bridgehead atoms. The molecule has 2 aromatic rings. The third kappa shape index (κ3) is 4.97. The molecule has 25 heavy (non-hydrogen) atoms. The molecule has 7 nitrogen and oxygen atoms in total. The molecule has 1 atom stereocenters. The number of para-hydroxylation sites is 1. The topological polar surface area (TPSA) is 103 Å². The zero-order valence-electron chi connectivity index (χ0n) is 13.9. The standard InChI is InChI=1S/C18H18N4O3/c1-12(17(23)22-18(24)20-2)21-14-7-9-15(10-8-14)25-16-6-4-3-5-13(16)11-19/h3-10,12,21H,1-2H3,(H2,20,22,23,24). The van der Waals surface area contributed by atoms with Gasteiger partial charge in [0.15, 0.2) is 0 Å². The van der Waals surface area contributed by atoms with Crippen molar-refractivity contribution in [3.05, 3.63) is 54.1 Å². The SMILES string of the molecule is CNC(=O)NC(=O)C(C)Nc1ccc(Oc2ccccc2C#N)cc1. The molecule has 0 aliphatic heterocycles. The zero-order valence-corrected chi connectivity index (χ0v) is 13.9. The van der Waals surface area contributed by atoms with Gasteiger partial charge in [0.2, 0.25) is 5.91 Å². The number of carbonyl (C=O) groups is 2. The van der Waals surface area contributed by atoms with E-state index in [1.807, 2.05) is 0 Å². The molecular formula is C18H18N4O3. The van der Waals surface area contributed by atoms with E-state index < -0.39 is 18.0 Å². The molecular weight excluding hydrogens is 320 g/mol. The summed E-state index contributed by atoms with van der Waals surface area (Å²) in [5.41, 5.74) is 1.14. The molecule has 0 heterocycles. The van der Waals surface area contributed by atoms with Crippen LogP contribution in [0.5, 0.6) is 11.5 Å². The quantitative estimate of drug-likeness (QED) is 0.777. The summed E-state index contributed by atoms with van der Waals surface area (Å²) >= 11 is 0. The lowest BCUT2D eigenvalue weighted by Crippen LogP contribution is -2.44. The first-order valence-electron chi connectivity index (χ1n) is 7.59. The van der Waals surface area contributed by atoms with Crippen LogP contribution in [-0.2, 0) is 4.79 Å². The van der Waals surface area contributed by atoms with Gasteiger partial charge in [-0.2, -0.15) is 5.26 Å². The van der Waals surface area contributed by atoms with Crippen LogP contribution >= 0.6 is 0 Å². The van der Waals surface area contributed by atoms with Gasteiger partial charge in [0.1, 0.15) is 23.6 Å². The minimum Gasteiger partial charge on any atom is -0.456 e. The highest BCUT2D eigenvalue weighted by Gasteiger charge is 2.14. The highest BCUT2D eigenvalue weighted by atomic mass is 16.5. The number of nitrogens with one attached hydrogen (secondary N) is 3. The average molecular weight is 338 g/mol. The van der Waals surface area contributed by atoms with Gasteiger partial charge in [0.25, 0.3) is 0 Å². The minimum atomic E-state index is -0.594. The largest absolute Gasteiger partial charge is 0.456 e. The Hall–Kier alpha value is -3.53. The summed E-state index contributed by atoms with van der Waals surface area (Å²) in [5, 5.41) is 16.6. The Morgan fingerprint density at radius 1 is 1.12 bits per heavy atom. The van der Waals surface area contributed by atoms with Gasteiger partial charge in [0.05, 0.1) is 5.56 Å². The summed E-state index contributed by atoms with van der Waals surface area (Å²) in [6.07, 6.45) is 0. The first kappa shape index (κ1) is 17.8. The molecule has 0 aliphatic rings. The average Bonchev–Trinajstić information content (AvgIpc) is 2.63. The molecule has 0 saturated heterocycles. The fourth-order valence-electron chi connectivity index (χ4n) is 1.99. The van der Waals surface area contributed by atoms with Crippen LogP contribution in [0.4, 0.5) is 10.5 Å². The van der Waals surface area contributed by atoms with Crippen LogP contribution in [0.2, 0.25) is 0 Å². The van der Waals surface area contributed by atoms with E-state index in [1.54, 1.807) is 55.5 Å². The van der Waals surface area contributed by atoms with Crippen LogP contribution in [0.3, 0.4) is 0 Å². The van der Waals surface area contributed by atoms with Crippen molar-refractivity contribution < 1.29 is 14.3 Å². The highest BCUT2D eigenvalue weighted by molar-refractivity contribution is 5.97. The van der Waals surface area contributed by atoms with Crippen molar-refractivity contribution in [1.82, 2.24) is 10.6 Å². The second-order valence-electron chi connectivity index (χ2n) is 5.17. The first-order chi connectivity index (χ1) is 12.0. The van der Waals surface area contributed by atoms with Gasteiger partial charge in [-0.1, -0.05) is 12.1 Å². The van der Waals surface area contributed by atoms with Gasteiger partial charge in [-0.25, -0.2) is 4.79 Å². The summed E-state index contributed by atoms with van der Waals surface area (Å²) in [7, 11) is 1.43. The van der Waals surface area contributed by atoms with Crippen LogP contribution in [0.25, 0.3) is 0 Å². The molecule has 0 fully saturated rings. The van der Waals surface area contributed by atoms with E-state index in [9.17, 15) is 9.59 Å². The predicted octanol–water partition coefficient (Wildman–Crippen LogP) is 2.61. The number of hydrogen-bond donors (Lipinski definition) is 3. The molecule has 128 valence electrons. The molecule has 3 amide bonds. The monoisotopic (exact) mass is 338 g/mol. The number of imide groups is 1. The number of rotatable bonds is 5. The van der Waals surface area contributed by atoms with Crippen molar-refractivity contribution in [3.8, 4) is 17.6 Å². The number of nitriles is 1.